The fourth-order valence-corrected chi connectivity index (χ4v) is 5.62. The summed E-state index contributed by atoms with van der Waals surface area (Å²) in [6.45, 7) is 2.36. The standard InChI is InChI=1S/C25H29F3N4O3/c1-14-30-18(11-19(33)32-25-7-5-15(12-25)6-8-25)20(24-34-9-10-35-24)23(31-14)29-13-16-3-2-4-17(21(16)26)22(27)28/h2-4,15,22,24H,5-13H2,1H3,(H,32,33)(H,29,30,31). The van der Waals surface area contributed by atoms with Gasteiger partial charge in [-0.2, -0.15) is 0 Å². The third kappa shape index (κ3) is 4.99. The number of benzene rings is 1. The van der Waals surface area contributed by atoms with E-state index in [4.69, 9.17) is 9.47 Å². The Morgan fingerprint density at radius 3 is 2.60 bits per heavy atom. The fourth-order valence-electron chi connectivity index (χ4n) is 5.62. The second-order valence-electron chi connectivity index (χ2n) is 9.68. The number of aryl methyl sites for hydroxylation is 1. The first-order valence-corrected chi connectivity index (χ1v) is 12.0. The zero-order valence-electron chi connectivity index (χ0n) is 19.6. The number of ether oxygens (including phenoxy) is 2. The molecule has 0 radical (unpaired) electrons. The highest BCUT2D eigenvalue weighted by molar-refractivity contribution is 5.80. The van der Waals surface area contributed by atoms with E-state index in [1.807, 2.05) is 0 Å². The molecule has 1 aromatic carbocycles. The van der Waals surface area contributed by atoms with Crippen LogP contribution >= 0.6 is 0 Å². The molecule has 0 atom stereocenters. The van der Waals surface area contributed by atoms with Gasteiger partial charge >= 0.3 is 0 Å². The molecule has 1 saturated heterocycles. The number of anilines is 1. The van der Waals surface area contributed by atoms with Crippen molar-refractivity contribution < 1.29 is 27.4 Å². The Morgan fingerprint density at radius 1 is 1.20 bits per heavy atom. The molecule has 0 unspecified atom stereocenters. The molecule has 5 rings (SSSR count). The smallest absolute Gasteiger partial charge is 0.266 e. The van der Waals surface area contributed by atoms with Gasteiger partial charge in [0.05, 0.1) is 36.5 Å². The van der Waals surface area contributed by atoms with E-state index in [9.17, 15) is 18.0 Å². The molecular weight excluding hydrogens is 461 g/mol. The van der Waals surface area contributed by atoms with Gasteiger partial charge in [0.2, 0.25) is 5.91 Å². The number of fused-ring (bicyclic) bond motifs is 2. The summed E-state index contributed by atoms with van der Waals surface area (Å²) >= 11 is 0. The number of nitrogens with one attached hydrogen (secondary N) is 2. The molecule has 7 nitrogen and oxygen atoms in total. The molecule has 2 heterocycles. The lowest BCUT2D eigenvalue weighted by Crippen LogP contribution is -2.45. The molecule has 2 N–H and O–H groups in total. The van der Waals surface area contributed by atoms with E-state index in [0.717, 1.165) is 38.2 Å². The van der Waals surface area contributed by atoms with E-state index in [-0.39, 0.29) is 30.0 Å². The van der Waals surface area contributed by atoms with Gasteiger partial charge in [-0.15, -0.1) is 0 Å². The summed E-state index contributed by atoms with van der Waals surface area (Å²) in [4.78, 5) is 22.0. The molecule has 0 spiro atoms. The maximum Gasteiger partial charge on any atom is 0.266 e. The maximum absolute atomic E-state index is 14.6. The third-order valence-electron chi connectivity index (χ3n) is 7.26. The minimum absolute atomic E-state index is 0.0260. The minimum Gasteiger partial charge on any atom is -0.365 e. The Bertz CT molecular complexity index is 1100. The van der Waals surface area contributed by atoms with Gasteiger partial charge in [-0.1, -0.05) is 18.2 Å². The van der Waals surface area contributed by atoms with Crippen LogP contribution in [0.15, 0.2) is 18.2 Å². The molecule has 188 valence electrons. The van der Waals surface area contributed by atoms with E-state index < -0.39 is 24.1 Å². The number of rotatable bonds is 8. The summed E-state index contributed by atoms with van der Waals surface area (Å²) < 4.78 is 52.2. The Balaban J connectivity index is 1.40. The summed E-state index contributed by atoms with van der Waals surface area (Å²) in [6.07, 6.45) is 1.68. The zero-order chi connectivity index (χ0) is 24.6. The molecule has 3 fully saturated rings. The predicted octanol–water partition coefficient (Wildman–Crippen LogP) is 4.51. The van der Waals surface area contributed by atoms with Crippen molar-refractivity contribution in [2.75, 3.05) is 18.5 Å². The topological polar surface area (TPSA) is 85.4 Å². The average molecular weight is 491 g/mol. The van der Waals surface area contributed by atoms with Gasteiger partial charge in [0, 0.05) is 17.6 Å². The predicted molar refractivity (Wildman–Crippen MR) is 121 cm³/mol. The lowest BCUT2D eigenvalue weighted by molar-refractivity contribution is -0.122. The SMILES string of the molecule is Cc1nc(CC(=O)NC23CCC(CC2)C3)c(C2OCCO2)c(NCc2cccc(C(F)F)c2F)n1. The van der Waals surface area contributed by atoms with Crippen LogP contribution in [0.5, 0.6) is 0 Å². The number of hydrogen-bond donors (Lipinski definition) is 2. The van der Waals surface area contributed by atoms with Crippen LogP contribution in [0, 0.1) is 18.7 Å². The fraction of sp³-hybridized carbons (Fsp3) is 0.560. The quantitative estimate of drug-likeness (QED) is 0.567. The molecule has 2 aliphatic carbocycles. The van der Waals surface area contributed by atoms with Crippen molar-refractivity contribution >= 4 is 11.7 Å². The monoisotopic (exact) mass is 490 g/mol. The molecule has 2 saturated carbocycles. The summed E-state index contributed by atoms with van der Waals surface area (Å²) in [6, 6.07) is 3.90. The van der Waals surface area contributed by atoms with Gasteiger partial charge in [0.1, 0.15) is 17.5 Å². The normalized spacial score (nSPS) is 23.9. The number of nitrogens with zero attached hydrogens (tertiary/aromatic N) is 2. The van der Waals surface area contributed by atoms with Gasteiger partial charge in [0.15, 0.2) is 6.29 Å². The zero-order valence-corrected chi connectivity index (χ0v) is 19.6. The molecule has 1 aromatic heterocycles. The van der Waals surface area contributed by atoms with Crippen LogP contribution in [0.2, 0.25) is 0 Å². The second kappa shape index (κ2) is 9.73. The highest BCUT2D eigenvalue weighted by Gasteiger charge is 2.45. The Hall–Kier alpha value is -2.72. The molecule has 3 aliphatic rings. The van der Waals surface area contributed by atoms with Crippen molar-refractivity contribution in [1.29, 1.82) is 0 Å². The van der Waals surface area contributed by atoms with E-state index in [1.54, 1.807) is 6.92 Å². The summed E-state index contributed by atoms with van der Waals surface area (Å²) in [5.74, 6) is 0.368. The number of aromatic nitrogens is 2. The van der Waals surface area contributed by atoms with Crippen molar-refractivity contribution in [3.63, 3.8) is 0 Å². The number of amides is 1. The molecule has 2 aromatic rings. The second-order valence-corrected chi connectivity index (χ2v) is 9.68. The summed E-state index contributed by atoms with van der Waals surface area (Å²) in [5, 5.41) is 6.29. The summed E-state index contributed by atoms with van der Waals surface area (Å²) in [5.41, 5.74) is 0.257. The first kappa shape index (κ1) is 24.0. The highest BCUT2D eigenvalue weighted by atomic mass is 19.3. The number of carbonyl (C=O) groups is 1. The number of hydrogen-bond acceptors (Lipinski definition) is 6. The minimum atomic E-state index is -2.91. The maximum atomic E-state index is 14.6. The van der Waals surface area contributed by atoms with Gasteiger partial charge in [-0.25, -0.2) is 23.1 Å². The first-order valence-electron chi connectivity index (χ1n) is 12.0. The van der Waals surface area contributed by atoms with Crippen LogP contribution in [0.3, 0.4) is 0 Å². The third-order valence-corrected chi connectivity index (χ3v) is 7.26. The number of carbonyl (C=O) groups excluding carboxylic acids is 1. The van der Waals surface area contributed by atoms with E-state index in [0.29, 0.717) is 42.0 Å². The van der Waals surface area contributed by atoms with E-state index >= 15 is 0 Å². The van der Waals surface area contributed by atoms with Crippen LogP contribution in [0.4, 0.5) is 19.0 Å². The lowest BCUT2D eigenvalue weighted by Gasteiger charge is -2.28. The Kier molecular flexibility index (Phi) is 6.67. The molecular formula is C25H29F3N4O3. The molecule has 10 heteroatoms. The van der Waals surface area contributed by atoms with Gasteiger partial charge in [-0.05, 0) is 44.9 Å². The lowest BCUT2D eigenvalue weighted by atomic mass is 9.93. The Labute approximate surface area is 201 Å². The molecule has 2 bridgehead atoms. The van der Waals surface area contributed by atoms with E-state index in [1.165, 1.54) is 12.1 Å². The van der Waals surface area contributed by atoms with Crippen molar-refractivity contribution in [2.45, 2.75) is 70.2 Å². The van der Waals surface area contributed by atoms with Crippen molar-refractivity contribution in [3.8, 4) is 0 Å². The molecule has 1 amide bonds. The van der Waals surface area contributed by atoms with Gasteiger partial charge < -0.3 is 20.1 Å². The molecule has 1 aliphatic heterocycles. The van der Waals surface area contributed by atoms with Crippen molar-refractivity contribution in [1.82, 2.24) is 15.3 Å². The van der Waals surface area contributed by atoms with Crippen LogP contribution in [-0.4, -0.2) is 34.6 Å². The van der Waals surface area contributed by atoms with Crippen LogP contribution < -0.4 is 10.6 Å². The van der Waals surface area contributed by atoms with Crippen molar-refractivity contribution in [3.05, 3.63) is 52.2 Å². The molecule has 35 heavy (non-hydrogen) atoms. The van der Waals surface area contributed by atoms with Crippen molar-refractivity contribution in [2.24, 2.45) is 5.92 Å². The van der Waals surface area contributed by atoms with E-state index in [2.05, 4.69) is 20.6 Å². The largest absolute Gasteiger partial charge is 0.365 e. The van der Waals surface area contributed by atoms with Crippen LogP contribution in [0.25, 0.3) is 0 Å². The summed E-state index contributed by atoms with van der Waals surface area (Å²) in [7, 11) is 0. The average Bonchev–Trinajstić information content (AvgIpc) is 3.56. The van der Waals surface area contributed by atoms with Crippen LogP contribution in [-0.2, 0) is 27.2 Å². The highest BCUT2D eigenvalue weighted by Crippen LogP contribution is 2.47. The Morgan fingerprint density at radius 2 is 1.94 bits per heavy atom. The van der Waals surface area contributed by atoms with Crippen LogP contribution in [0.1, 0.15) is 73.0 Å². The van der Waals surface area contributed by atoms with Gasteiger partial charge in [-0.3, -0.25) is 4.79 Å². The van der Waals surface area contributed by atoms with Gasteiger partial charge in [0.25, 0.3) is 6.43 Å². The number of halogens is 3. The first-order chi connectivity index (χ1) is 16.8. The number of alkyl halides is 2.